The lowest BCUT2D eigenvalue weighted by atomic mass is 9.99. The normalized spacial score (nSPS) is 19.1. The topological polar surface area (TPSA) is 84.0 Å². The van der Waals surface area contributed by atoms with Gasteiger partial charge in [0.2, 0.25) is 0 Å². The summed E-state index contributed by atoms with van der Waals surface area (Å²) in [6, 6.07) is 12.9. The van der Waals surface area contributed by atoms with Crippen molar-refractivity contribution in [3.05, 3.63) is 69.5 Å². The monoisotopic (exact) mass is 445 g/mol. The zero-order chi connectivity index (χ0) is 21.3. The molecule has 2 atom stereocenters. The van der Waals surface area contributed by atoms with E-state index in [1.54, 1.807) is 17.0 Å². The highest BCUT2D eigenvalue weighted by Crippen LogP contribution is 2.41. The lowest BCUT2D eigenvalue weighted by Gasteiger charge is -2.26. The van der Waals surface area contributed by atoms with Gasteiger partial charge in [0, 0.05) is 39.8 Å². The van der Waals surface area contributed by atoms with Crippen LogP contribution in [0.15, 0.2) is 42.5 Å². The summed E-state index contributed by atoms with van der Waals surface area (Å²) in [5.41, 5.74) is 2.32. The van der Waals surface area contributed by atoms with Crippen LogP contribution in [-0.2, 0) is 16.0 Å². The van der Waals surface area contributed by atoms with E-state index in [1.165, 1.54) is 0 Å². The van der Waals surface area contributed by atoms with Gasteiger partial charge >= 0.3 is 0 Å². The van der Waals surface area contributed by atoms with Crippen LogP contribution in [0.5, 0.6) is 0 Å². The molecule has 1 aliphatic rings. The Hall–Kier alpha value is -2.48. The molecule has 7 nitrogen and oxygen atoms in total. The van der Waals surface area contributed by atoms with E-state index in [0.717, 1.165) is 16.8 Å². The molecular weight excluding hydrogens is 425 g/mol. The maximum atomic E-state index is 13.6. The van der Waals surface area contributed by atoms with E-state index in [9.17, 15) is 4.79 Å². The van der Waals surface area contributed by atoms with Crippen LogP contribution in [0.2, 0.25) is 10.0 Å². The highest BCUT2D eigenvalue weighted by molar-refractivity contribution is 6.31. The van der Waals surface area contributed by atoms with Crippen molar-refractivity contribution < 1.29 is 9.53 Å². The highest BCUT2D eigenvalue weighted by Gasteiger charge is 2.38. The van der Waals surface area contributed by atoms with Crippen LogP contribution in [0.3, 0.4) is 0 Å². The first-order valence-corrected chi connectivity index (χ1v) is 10.4. The van der Waals surface area contributed by atoms with Crippen molar-refractivity contribution in [1.29, 1.82) is 0 Å². The zero-order valence-corrected chi connectivity index (χ0v) is 18.1. The van der Waals surface area contributed by atoms with Crippen LogP contribution in [-0.4, -0.2) is 39.2 Å². The third-order valence-electron chi connectivity index (χ3n) is 4.90. The molecule has 9 heteroatoms. The number of anilines is 1. The second-order valence-corrected chi connectivity index (χ2v) is 8.45. The van der Waals surface area contributed by atoms with Crippen molar-refractivity contribution in [1.82, 2.24) is 20.6 Å². The number of nitrogens with one attached hydrogen (secondary N) is 1. The Kier molecular flexibility index (Phi) is 6.04. The lowest BCUT2D eigenvalue weighted by Crippen LogP contribution is -2.42. The van der Waals surface area contributed by atoms with Gasteiger partial charge in [-0.2, -0.15) is 5.21 Å². The number of nitrogens with zero attached hydrogens (tertiary/aromatic N) is 4. The van der Waals surface area contributed by atoms with E-state index in [0.29, 0.717) is 22.4 Å². The van der Waals surface area contributed by atoms with Gasteiger partial charge in [-0.1, -0.05) is 60.5 Å². The van der Waals surface area contributed by atoms with Crippen LogP contribution in [0.1, 0.15) is 36.9 Å². The molecule has 2 unspecified atom stereocenters. The van der Waals surface area contributed by atoms with Crippen LogP contribution in [0.25, 0.3) is 0 Å². The average Bonchev–Trinajstić information content (AvgIpc) is 3.19. The van der Waals surface area contributed by atoms with Crippen molar-refractivity contribution in [3.63, 3.8) is 0 Å². The maximum Gasteiger partial charge on any atom is 0.256 e. The number of aromatic nitrogens is 4. The SMILES string of the molecule is CC(C)CN1C(=O)C(Cc2nn[nH]n2)OC(c2ccccc2Cl)c2cc(Cl)ccc21. The largest absolute Gasteiger partial charge is 0.355 e. The van der Waals surface area contributed by atoms with Crippen LogP contribution >= 0.6 is 23.2 Å². The summed E-state index contributed by atoms with van der Waals surface area (Å²) in [4.78, 5) is 15.3. The second-order valence-electron chi connectivity index (χ2n) is 7.60. The quantitative estimate of drug-likeness (QED) is 0.634. The number of carbonyl (C=O) groups is 1. The van der Waals surface area contributed by atoms with Gasteiger partial charge in [-0.3, -0.25) is 4.79 Å². The maximum absolute atomic E-state index is 13.6. The fourth-order valence-electron chi connectivity index (χ4n) is 3.62. The van der Waals surface area contributed by atoms with E-state index in [1.807, 2.05) is 30.3 Å². The summed E-state index contributed by atoms with van der Waals surface area (Å²) in [6.07, 6.45) is -1.20. The molecule has 0 saturated heterocycles. The highest BCUT2D eigenvalue weighted by atomic mass is 35.5. The van der Waals surface area contributed by atoms with Crippen molar-refractivity contribution >= 4 is 34.8 Å². The first kappa shape index (κ1) is 20.8. The Morgan fingerprint density at radius 3 is 2.67 bits per heavy atom. The minimum atomic E-state index is -0.811. The van der Waals surface area contributed by atoms with E-state index < -0.39 is 12.2 Å². The Balaban J connectivity index is 1.86. The number of halogens is 2. The number of hydrogen-bond acceptors (Lipinski definition) is 5. The number of tetrazole rings is 1. The Labute approximate surface area is 184 Å². The molecule has 0 bridgehead atoms. The molecule has 3 aromatic rings. The molecular formula is C21H21Cl2N5O2. The second kappa shape index (κ2) is 8.71. The molecule has 0 fully saturated rings. The van der Waals surface area contributed by atoms with Crippen molar-refractivity contribution in [2.24, 2.45) is 5.92 Å². The number of aromatic amines is 1. The van der Waals surface area contributed by atoms with Crippen LogP contribution in [0.4, 0.5) is 5.69 Å². The van der Waals surface area contributed by atoms with Gasteiger partial charge in [-0.05, 0) is 30.2 Å². The third kappa shape index (κ3) is 4.19. The smallest absolute Gasteiger partial charge is 0.256 e. The van der Waals surface area contributed by atoms with E-state index in [-0.39, 0.29) is 18.2 Å². The number of hydrogen-bond donors (Lipinski definition) is 1. The number of rotatable bonds is 5. The summed E-state index contributed by atoms with van der Waals surface area (Å²) in [7, 11) is 0. The molecule has 0 aliphatic carbocycles. The predicted molar refractivity (Wildman–Crippen MR) is 115 cm³/mol. The lowest BCUT2D eigenvalue weighted by molar-refractivity contribution is -0.132. The molecule has 0 spiro atoms. The van der Waals surface area contributed by atoms with Crippen molar-refractivity contribution in [2.45, 2.75) is 32.5 Å². The van der Waals surface area contributed by atoms with Crippen molar-refractivity contribution in [3.8, 4) is 0 Å². The third-order valence-corrected chi connectivity index (χ3v) is 5.48. The van der Waals surface area contributed by atoms with Gasteiger partial charge < -0.3 is 9.64 Å². The first-order chi connectivity index (χ1) is 14.4. The summed E-state index contributed by atoms with van der Waals surface area (Å²) in [5, 5.41) is 15.1. The molecule has 156 valence electrons. The number of amides is 1. The van der Waals surface area contributed by atoms with Crippen LogP contribution < -0.4 is 4.90 Å². The van der Waals surface area contributed by atoms with E-state index in [4.69, 9.17) is 27.9 Å². The Morgan fingerprint density at radius 2 is 1.97 bits per heavy atom. The molecule has 1 aliphatic heterocycles. The molecule has 0 radical (unpaired) electrons. The van der Waals surface area contributed by atoms with Gasteiger partial charge in [0.05, 0.1) is 0 Å². The fourth-order valence-corrected chi connectivity index (χ4v) is 4.04. The molecule has 0 saturated carbocycles. The van der Waals surface area contributed by atoms with Crippen molar-refractivity contribution in [2.75, 3.05) is 11.4 Å². The molecule has 30 heavy (non-hydrogen) atoms. The standard InChI is InChI=1S/C21H21Cl2N5O2/c1-12(2)11-28-17-8-7-13(22)9-15(17)20(14-5-3-4-6-16(14)23)30-18(21(28)29)10-19-24-26-27-25-19/h3-9,12,18,20H,10-11H2,1-2H3,(H,24,25,26,27). The number of benzene rings is 2. The Bertz CT molecular complexity index is 1040. The molecule has 2 aromatic carbocycles. The van der Waals surface area contributed by atoms with Gasteiger partial charge in [0.1, 0.15) is 12.2 Å². The Morgan fingerprint density at radius 1 is 1.17 bits per heavy atom. The summed E-state index contributed by atoms with van der Waals surface area (Å²) in [6.45, 7) is 4.66. The molecule has 1 N–H and O–H groups in total. The number of carbonyl (C=O) groups excluding carboxylic acids is 1. The molecule has 1 amide bonds. The minimum Gasteiger partial charge on any atom is -0.355 e. The first-order valence-electron chi connectivity index (χ1n) is 9.67. The molecule has 1 aromatic heterocycles. The average molecular weight is 446 g/mol. The van der Waals surface area contributed by atoms with E-state index >= 15 is 0 Å². The predicted octanol–water partition coefficient (Wildman–Crippen LogP) is 4.23. The minimum absolute atomic E-state index is 0.161. The number of H-pyrrole nitrogens is 1. The molecule has 4 rings (SSSR count). The summed E-state index contributed by atoms with van der Waals surface area (Å²) < 4.78 is 6.40. The number of fused-ring (bicyclic) bond motifs is 1. The zero-order valence-electron chi connectivity index (χ0n) is 16.5. The van der Waals surface area contributed by atoms with Gasteiger partial charge in [0.15, 0.2) is 5.82 Å². The van der Waals surface area contributed by atoms with Gasteiger partial charge in [0.25, 0.3) is 5.91 Å². The van der Waals surface area contributed by atoms with Crippen LogP contribution in [0, 0.1) is 5.92 Å². The summed E-state index contributed by atoms with van der Waals surface area (Å²) in [5.74, 6) is 0.492. The number of ether oxygens (including phenoxy) is 1. The summed E-state index contributed by atoms with van der Waals surface area (Å²) >= 11 is 12.9. The van der Waals surface area contributed by atoms with E-state index in [2.05, 4.69) is 34.5 Å². The fraction of sp³-hybridized carbons (Fsp3) is 0.333. The van der Waals surface area contributed by atoms with Gasteiger partial charge in [-0.25, -0.2) is 0 Å². The molecule has 2 heterocycles. The van der Waals surface area contributed by atoms with Gasteiger partial charge in [-0.15, -0.1) is 10.2 Å².